The molecule has 1 aliphatic rings. The van der Waals surface area contributed by atoms with Crippen LogP contribution in [0.3, 0.4) is 0 Å². The van der Waals surface area contributed by atoms with Crippen molar-refractivity contribution in [3.05, 3.63) is 75.4 Å². The van der Waals surface area contributed by atoms with Crippen LogP contribution in [0.4, 0.5) is 0 Å². The van der Waals surface area contributed by atoms with Crippen molar-refractivity contribution in [2.45, 2.75) is 25.4 Å². The van der Waals surface area contributed by atoms with E-state index in [0.717, 1.165) is 18.4 Å². The van der Waals surface area contributed by atoms with E-state index in [9.17, 15) is 8.42 Å². The van der Waals surface area contributed by atoms with Gasteiger partial charge in [-0.05, 0) is 48.7 Å². The summed E-state index contributed by atoms with van der Waals surface area (Å²) >= 11 is 12.0. The summed E-state index contributed by atoms with van der Waals surface area (Å²) in [5.74, 6) is 0.478. The number of nitrogens with zero attached hydrogens (tertiary/aromatic N) is 3. The van der Waals surface area contributed by atoms with Gasteiger partial charge in [0, 0.05) is 16.5 Å². The van der Waals surface area contributed by atoms with Crippen molar-refractivity contribution in [3.8, 4) is 11.5 Å². The molecule has 0 amide bonds. The standard InChI is InChI=1S/C20H17Cl2N3O3S/c21-15-7-5-14(6-8-15)11-12-29(26,27)25(16-9-10-16)13-19-23-24-20(28-19)17-3-1-2-4-18(17)22/h1-8,11-12,16H,9-10,13H2/b12-11+. The minimum Gasteiger partial charge on any atom is -0.419 e. The summed E-state index contributed by atoms with van der Waals surface area (Å²) in [7, 11) is -3.66. The molecule has 2 aromatic carbocycles. The van der Waals surface area contributed by atoms with Gasteiger partial charge in [0.1, 0.15) is 0 Å². The van der Waals surface area contributed by atoms with Crippen molar-refractivity contribution in [2.75, 3.05) is 0 Å². The summed E-state index contributed by atoms with van der Waals surface area (Å²) in [6, 6.07) is 14.0. The fraction of sp³-hybridized carbons (Fsp3) is 0.200. The number of hydrogen-bond acceptors (Lipinski definition) is 5. The lowest BCUT2D eigenvalue weighted by atomic mass is 10.2. The summed E-state index contributed by atoms with van der Waals surface area (Å²) in [6.45, 7) is 0.00934. The van der Waals surface area contributed by atoms with Crippen LogP contribution in [0.5, 0.6) is 0 Å². The Labute approximate surface area is 178 Å². The molecule has 0 unspecified atom stereocenters. The molecule has 4 rings (SSSR count). The van der Waals surface area contributed by atoms with Crippen LogP contribution in [0.2, 0.25) is 10.0 Å². The maximum absolute atomic E-state index is 12.9. The highest BCUT2D eigenvalue weighted by Crippen LogP contribution is 2.32. The van der Waals surface area contributed by atoms with Crippen LogP contribution in [0.1, 0.15) is 24.3 Å². The van der Waals surface area contributed by atoms with Gasteiger partial charge >= 0.3 is 0 Å². The third-order valence-electron chi connectivity index (χ3n) is 4.45. The van der Waals surface area contributed by atoms with Gasteiger partial charge in [0.2, 0.25) is 21.8 Å². The van der Waals surface area contributed by atoms with Crippen LogP contribution >= 0.6 is 23.2 Å². The predicted molar refractivity (Wildman–Crippen MR) is 113 cm³/mol. The number of benzene rings is 2. The highest BCUT2D eigenvalue weighted by molar-refractivity contribution is 7.92. The van der Waals surface area contributed by atoms with Crippen LogP contribution < -0.4 is 0 Å². The van der Waals surface area contributed by atoms with E-state index in [-0.39, 0.29) is 24.4 Å². The fourth-order valence-corrected chi connectivity index (χ4v) is 4.55. The van der Waals surface area contributed by atoms with Crippen LogP contribution in [0.15, 0.2) is 58.4 Å². The van der Waals surface area contributed by atoms with E-state index in [1.807, 2.05) is 6.07 Å². The van der Waals surface area contributed by atoms with Crippen LogP contribution in [0, 0.1) is 0 Å². The van der Waals surface area contributed by atoms with E-state index in [1.54, 1.807) is 48.5 Å². The van der Waals surface area contributed by atoms with E-state index in [0.29, 0.717) is 15.6 Å². The molecule has 3 aromatic rings. The molecule has 29 heavy (non-hydrogen) atoms. The zero-order valence-corrected chi connectivity index (χ0v) is 17.5. The number of rotatable bonds is 7. The SMILES string of the molecule is O=S(=O)(/C=C/c1ccc(Cl)cc1)N(Cc1nnc(-c2ccccc2Cl)o1)C1CC1. The molecule has 1 aliphatic carbocycles. The lowest BCUT2D eigenvalue weighted by molar-refractivity contribution is 0.355. The van der Waals surface area contributed by atoms with Crippen molar-refractivity contribution < 1.29 is 12.8 Å². The quantitative estimate of drug-likeness (QED) is 0.506. The predicted octanol–water partition coefficient (Wildman–Crippen LogP) is 5.01. The van der Waals surface area contributed by atoms with Crippen molar-refractivity contribution in [1.29, 1.82) is 0 Å². The Kier molecular flexibility index (Phi) is 5.74. The number of halogens is 2. The van der Waals surface area contributed by atoms with Gasteiger partial charge in [-0.3, -0.25) is 0 Å². The Morgan fingerprint density at radius 2 is 1.79 bits per heavy atom. The molecule has 9 heteroatoms. The molecule has 0 aliphatic heterocycles. The Bertz CT molecular complexity index is 1140. The maximum Gasteiger partial charge on any atom is 0.249 e. The van der Waals surface area contributed by atoms with Crippen LogP contribution in [-0.4, -0.2) is 29.0 Å². The van der Waals surface area contributed by atoms with Crippen molar-refractivity contribution >= 4 is 39.3 Å². The van der Waals surface area contributed by atoms with Crippen LogP contribution in [0.25, 0.3) is 17.5 Å². The van der Waals surface area contributed by atoms with Gasteiger partial charge in [-0.2, -0.15) is 4.31 Å². The second-order valence-corrected chi connectivity index (χ2v) is 9.27. The zero-order valence-electron chi connectivity index (χ0n) is 15.2. The molecule has 0 N–H and O–H groups in total. The number of hydrogen-bond donors (Lipinski definition) is 0. The van der Waals surface area contributed by atoms with Crippen molar-refractivity contribution in [3.63, 3.8) is 0 Å². The lowest BCUT2D eigenvalue weighted by Crippen LogP contribution is -2.31. The molecule has 0 atom stereocenters. The molecule has 1 saturated carbocycles. The average Bonchev–Trinajstić information content (AvgIpc) is 3.43. The summed E-state index contributed by atoms with van der Waals surface area (Å²) in [4.78, 5) is 0. The van der Waals surface area contributed by atoms with E-state index < -0.39 is 10.0 Å². The number of sulfonamides is 1. The Hall–Kier alpha value is -2.19. The lowest BCUT2D eigenvalue weighted by Gasteiger charge is -2.17. The third-order valence-corrected chi connectivity index (χ3v) is 6.59. The summed E-state index contributed by atoms with van der Waals surface area (Å²) < 4.78 is 32.9. The normalized spacial score (nSPS) is 14.7. The van der Waals surface area contributed by atoms with Gasteiger partial charge in [-0.15, -0.1) is 10.2 Å². The van der Waals surface area contributed by atoms with Crippen molar-refractivity contribution in [1.82, 2.24) is 14.5 Å². The summed E-state index contributed by atoms with van der Waals surface area (Å²) in [5, 5.41) is 10.3. The minimum absolute atomic E-state index is 0.00934. The van der Waals surface area contributed by atoms with E-state index >= 15 is 0 Å². The molecule has 1 heterocycles. The Morgan fingerprint density at radius 1 is 1.07 bits per heavy atom. The zero-order chi connectivity index (χ0) is 20.4. The molecule has 1 aromatic heterocycles. The first-order chi connectivity index (χ1) is 13.9. The number of aromatic nitrogens is 2. The average molecular weight is 450 g/mol. The monoisotopic (exact) mass is 449 g/mol. The van der Waals surface area contributed by atoms with Crippen LogP contribution in [-0.2, 0) is 16.6 Å². The van der Waals surface area contributed by atoms with E-state index in [4.69, 9.17) is 27.6 Å². The molecule has 0 spiro atoms. The van der Waals surface area contributed by atoms with Gasteiger partial charge in [0.25, 0.3) is 0 Å². The van der Waals surface area contributed by atoms with Crippen molar-refractivity contribution in [2.24, 2.45) is 0 Å². The molecule has 150 valence electrons. The van der Waals surface area contributed by atoms with Gasteiger partial charge in [-0.25, -0.2) is 8.42 Å². The summed E-state index contributed by atoms with van der Waals surface area (Å²) in [5.41, 5.74) is 1.35. The molecular formula is C20H17Cl2N3O3S. The minimum atomic E-state index is -3.66. The van der Waals surface area contributed by atoms with E-state index in [1.165, 1.54) is 9.71 Å². The molecule has 1 fully saturated rings. The maximum atomic E-state index is 12.9. The molecule has 0 radical (unpaired) electrons. The second-order valence-electron chi connectivity index (χ2n) is 6.66. The van der Waals surface area contributed by atoms with Gasteiger partial charge in [0.15, 0.2) is 0 Å². The summed E-state index contributed by atoms with van der Waals surface area (Å²) in [6.07, 6.45) is 3.16. The highest BCUT2D eigenvalue weighted by Gasteiger charge is 2.37. The third kappa shape index (κ3) is 4.87. The Morgan fingerprint density at radius 3 is 2.48 bits per heavy atom. The molecule has 0 bridgehead atoms. The largest absolute Gasteiger partial charge is 0.419 e. The molecule has 0 saturated heterocycles. The Balaban J connectivity index is 1.54. The first-order valence-electron chi connectivity index (χ1n) is 8.95. The first-order valence-corrected chi connectivity index (χ1v) is 11.2. The van der Waals surface area contributed by atoms with E-state index in [2.05, 4.69) is 10.2 Å². The van der Waals surface area contributed by atoms with Gasteiger partial charge < -0.3 is 4.42 Å². The van der Waals surface area contributed by atoms with Gasteiger partial charge in [0.05, 0.1) is 17.1 Å². The topological polar surface area (TPSA) is 76.3 Å². The molecule has 6 nitrogen and oxygen atoms in total. The fourth-order valence-electron chi connectivity index (χ4n) is 2.80. The smallest absolute Gasteiger partial charge is 0.249 e. The van der Waals surface area contributed by atoms with Gasteiger partial charge in [-0.1, -0.05) is 47.5 Å². The second kappa shape index (κ2) is 8.28. The first kappa shape index (κ1) is 20.1. The molecular weight excluding hydrogens is 433 g/mol. The highest BCUT2D eigenvalue weighted by atomic mass is 35.5.